The molecule has 1 aliphatic heterocycles. The lowest BCUT2D eigenvalue weighted by Gasteiger charge is -2.35. The van der Waals surface area contributed by atoms with Crippen LogP contribution in [0.1, 0.15) is 36.2 Å². The van der Waals surface area contributed by atoms with E-state index < -0.39 is 0 Å². The predicted octanol–water partition coefficient (Wildman–Crippen LogP) is 4.44. The molecular weight excluding hydrogens is 510 g/mol. The maximum atomic E-state index is 12.9. The molecule has 2 aromatic heterocycles. The highest BCUT2D eigenvalue weighted by molar-refractivity contribution is 7.99. The number of amides is 1. The highest BCUT2D eigenvalue weighted by Gasteiger charge is 2.19. The van der Waals surface area contributed by atoms with E-state index in [1.54, 1.807) is 13.4 Å². The molecule has 1 fully saturated rings. The Morgan fingerprint density at radius 2 is 2.03 bits per heavy atom. The molecular formula is C29H35N7O2S. The molecule has 1 aromatic carbocycles. The van der Waals surface area contributed by atoms with E-state index in [0.29, 0.717) is 12.0 Å². The fourth-order valence-electron chi connectivity index (χ4n) is 4.24. The van der Waals surface area contributed by atoms with Crippen LogP contribution in [0, 0.1) is 24.2 Å². The highest BCUT2D eigenvalue weighted by Crippen LogP contribution is 2.34. The lowest BCUT2D eigenvalue weighted by atomic mass is 10.1. The van der Waals surface area contributed by atoms with Crippen LogP contribution in [0.5, 0.6) is 0 Å². The van der Waals surface area contributed by atoms with Gasteiger partial charge in [0.25, 0.3) is 5.91 Å². The minimum absolute atomic E-state index is 0.0958. The molecule has 0 saturated carbocycles. The Morgan fingerprint density at radius 1 is 1.23 bits per heavy atom. The number of nitrogens with one attached hydrogen (secondary N) is 1. The van der Waals surface area contributed by atoms with Crippen molar-refractivity contribution in [1.82, 2.24) is 25.2 Å². The third-order valence-electron chi connectivity index (χ3n) is 6.71. The van der Waals surface area contributed by atoms with Crippen LogP contribution in [-0.4, -0.2) is 72.2 Å². The lowest BCUT2D eigenvalue weighted by molar-refractivity contribution is 0.0965. The molecule has 1 N–H and O–H groups in total. The first-order valence-electron chi connectivity index (χ1n) is 13.1. The molecule has 1 aliphatic rings. The Labute approximate surface area is 234 Å². The molecule has 9 nitrogen and oxygen atoms in total. The van der Waals surface area contributed by atoms with Gasteiger partial charge in [0.15, 0.2) is 0 Å². The Balaban J connectivity index is 1.51. The zero-order valence-electron chi connectivity index (χ0n) is 23.0. The summed E-state index contributed by atoms with van der Waals surface area (Å²) in [5.41, 5.74) is 3.87. The number of piperazine rings is 1. The van der Waals surface area contributed by atoms with Crippen LogP contribution in [0.4, 0.5) is 5.82 Å². The van der Waals surface area contributed by atoms with E-state index in [4.69, 9.17) is 15.0 Å². The number of aryl methyl sites for hydroxylation is 1. The summed E-state index contributed by atoms with van der Waals surface area (Å²) in [6.07, 6.45) is 4.03. The monoisotopic (exact) mass is 545 g/mol. The number of aromatic nitrogens is 3. The molecule has 204 valence electrons. The van der Waals surface area contributed by atoms with Crippen molar-refractivity contribution in [3.63, 3.8) is 0 Å². The number of pyridine rings is 1. The number of fused-ring (bicyclic) bond motifs is 1. The van der Waals surface area contributed by atoms with E-state index in [9.17, 15) is 4.79 Å². The number of rotatable bonds is 10. The summed E-state index contributed by atoms with van der Waals surface area (Å²) in [5, 5.41) is 12.7. The molecule has 1 saturated heterocycles. The Hall–Kier alpha value is -3.52. The molecule has 1 unspecified atom stereocenters. The second-order valence-electron chi connectivity index (χ2n) is 9.73. The first-order valence-corrected chi connectivity index (χ1v) is 13.9. The van der Waals surface area contributed by atoms with Crippen LogP contribution in [0.3, 0.4) is 0 Å². The number of carbonyl (C=O) groups excluding carboxylic acids is 1. The van der Waals surface area contributed by atoms with E-state index in [2.05, 4.69) is 31.2 Å². The van der Waals surface area contributed by atoms with E-state index >= 15 is 0 Å². The van der Waals surface area contributed by atoms with Crippen LogP contribution >= 0.6 is 11.8 Å². The number of hydrogen-bond acceptors (Lipinski definition) is 9. The van der Waals surface area contributed by atoms with E-state index in [1.165, 1.54) is 11.8 Å². The van der Waals surface area contributed by atoms with Crippen molar-refractivity contribution in [3.8, 4) is 6.07 Å². The fraction of sp³-hybridized carbons (Fsp3) is 0.414. The molecule has 3 aromatic rings. The molecule has 39 heavy (non-hydrogen) atoms. The first kappa shape index (κ1) is 28.5. The summed E-state index contributed by atoms with van der Waals surface area (Å²) in [4.78, 5) is 32.5. The van der Waals surface area contributed by atoms with Crippen molar-refractivity contribution < 1.29 is 9.53 Å². The predicted molar refractivity (Wildman–Crippen MR) is 154 cm³/mol. The van der Waals surface area contributed by atoms with Crippen molar-refractivity contribution in [2.75, 3.05) is 51.3 Å². The van der Waals surface area contributed by atoms with Gasteiger partial charge in [-0.1, -0.05) is 23.9 Å². The van der Waals surface area contributed by atoms with Crippen molar-refractivity contribution in [1.29, 1.82) is 5.26 Å². The standard InChI is InChI=1S/C29H35N7O2S/c1-20(18-30)5-7-22(3)33-28(37)23-8-6-21(2)25(17-23)39-29-27-24(31-19-32-29)9-10-26(34-27)36-13-11-35(12-14-36)15-16-38-4/h6-10,17,19-20H,5,11-16H2,1-4H3,(H,33,37). The van der Waals surface area contributed by atoms with Gasteiger partial charge in [0.05, 0.1) is 18.2 Å². The average Bonchev–Trinajstić information content (AvgIpc) is 2.96. The highest BCUT2D eigenvalue weighted by atomic mass is 32.2. The molecule has 0 bridgehead atoms. The smallest absolute Gasteiger partial charge is 0.255 e. The second kappa shape index (κ2) is 13.5. The quantitative estimate of drug-likeness (QED) is 0.370. The zero-order valence-corrected chi connectivity index (χ0v) is 23.8. The van der Waals surface area contributed by atoms with E-state index in [1.807, 2.05) is 57.2 Å². The fourth-order valence-corrected chi connectivity index (χ4v) is 5.21. The second-order valence-corrected chi connectivity index (χ2v) is 10.8. The van der Waals surface area contributed by atoms with E-state index in [0.717, 1.165) is 77.4 Å². The molecule has 1 atom stereocenters. The first-order chi connectivity index (χ1) is 18.9. The van der Waals surface area contributed by atoms with E-state index in [-0.39, 0.29) is 11.8 Å². The Bertz CT molecular complexity index is 1380. The van der Waals surface area contributed by atoms with Gasteiger partial charge in [-0.3, -0.25) is 9.69 Å². The van der Waals surface area contributed by atoms with Crippen molar-refractivity contribution in [2.24, 2.45) is 5.92 Å². The number of carbonyl (C=O) groups is 1. The van der Waals surface area contributed by atoms with Gasteiger partial charge in [-0.2, -0.15) is 5.26 Å². The maximum Gasteiger partial charge on any atom is 0.255 e. The van der Waals surface area contributed by atoms with Crippen LogP contribution in [0.2, 0.25) is 0 Å². The number of benzene rings is 1. The van der Waals surface area contributed by atoms with Crippen LogP contribution in [0.25, 0.3) is 11.0 Å². The summed E-state index contributed by atoms with van der Waals surface area (Å²) < 4.78 is 5.22. The third-order valence-corrected chi connectivity index (χ3v) is 7.86. The number of nitriles is 1. The molecule has 0 spiro atoms. The van der Waals surface area contributed by atoms with Crippen LogP contribution in [-0.2, 0) is 4.74 Å². The third kappa shape index (κ3) is 7.53. The SMILES string of the molecule is COCCN1CCN(c2ccc3ncnc(Sc4cc(C(=O)NC(C)=CCC(C)C#N)ccc4C)c3n2)CC1. The van der Waals surface area contributed by atoms with Crippen molar-refractivity contribution >= 4 is 34.5 Å². The number of nitrogens with zero attached hydrogens (tertiary/aromatic N) is 6. The van der Waals surface area contributed by atoms with Crippen molar-refractivity contribution in [2.45, 2.75) is 37.1 Å². The topological polar surface area (TPSA) is 107 Å². The van der Waals surface area contributed by atoms with Gasteiger partial charge in [-0.15, -0.1) is 0 Å². The Morgan fingerprint density at radius 3 is 2.77 bits per heavy atom. The minimum atomic E-state index is -0.187. The summed E-state index contributed by atoms with van der Waals surface area (Å²) >= 11 is 1.49. The summed E-state index contributed by atoms with van der Waals surface area (Å²) in [6.45, 7) is 11.1. The van der Waals surface area contributed by atoms with Gasteiger partial charge in [0.2, 0.25) is 0 Å². The van der Waals surface area contributed by atoms with Gasteiger partial charge in [-0.05, 0) is 57.0 Å². The normalized spacial score (nSPS) is 15.3. The maximum absolute atomic E-state index is 12.9. The number of hydrogen-bond donors (Lipinski definition) is 1. The zero-order chi connectivity index (χ0) is 27.8. The lowest BCUT2D eigenvalue weighted by Crippen LogP contribution is -2.47. The summed E-state index contributed by atoms with van der Waals surface area (Å²) in [7, 11) is 1.73. The number of anilines is 1. The van der Waals surface area contributed by atoms with Gasteiger partial charge < -0.3 is 15.0 Å². The number of methoxy groups -OCH3 is 1. The number of allylic oxidation sites excluding steroid dienone is 2. The molecule has 1 amide bonds. The van der Waals surface area contributed by atoms with Crippen LogP contribution in [0.15, 0.2) is 58.4 Å². The summed E-state index contributed by atoms with van der Waals surface area (Å²) in [6, 6.07) is 11.9. The largest absolute Gasteiger partial charge is 0.383 e. The molecule has 4 rings (SSSR count). The van der Waals surface area contributed by atoms with Gasteiger partial charge in [0.1, 0.15) is 22.7 Å². The summed E-state index contributed by atoms with van der Waals surface area (Å²) in [5.74, 6) is 0.637. The van der Waals surface area contributed by atoms with Gasteiger partial charge >= 0.3 is 0 Å². The minimum Gasteiger partial charge on any atom is -0.383 e. The molecule has 0 radical (unpaired) electrons. The molecule has 3 heterocycles. The van der Waals surface area contributed by atoms with Crippen molar-refractivity contribution in [3.05, 3.63) is 59.6 Å². The van der Waals surface area contributed by atoms with Crippen LogP contribution < -0.4 is 10.2 Å². The number of ether oxygens (including phenoxy) is 1. The molecule has 0 aliphatic carbocycles. The van der Waals surface area contributed by atoms with Gasteiger partial charge in [0, 0.05) is 61.9 Å². The average molecular weight is 546 g/mol. The Kier molecular flexibility index (Phi) is 9.87. The molecule has 10 heteroatoms. The van der Waals surface area contributed by atoms with Gasteiger partial charge in [-0.25, -0.2) is 15.0 Å².